The minimum Gasteiger partial charge on any atom is -0.346 e. The lowest BCUT2D eigenvalue weighted by atomic mass is 10.2. The van der Waals surface area contributed by atoms with Crippen molar-refractivity contribution in [3.05, 3.63) is 0 Å². The van der Waals surface area contributed by atoms with Gasteiger partial charge in [0.15, 0.2) is 0 Å². The molecule has 0 aliphatic rings. The molecular weight excluding hydrogens is 182 g/mol. The summed E-state index contributed by atoms with van der Waals surface area (Å²) in [5.74, 6) is -0.799. The van der Waals surface area contributed by atoms with Gasteiger partial charge in [-0.25, -0.2) is 0 Å². The Kier molecular flexibility index (Phi) is 4.19. The molecule has 0 aromatic heterocycles. The summed E-state index contributed by atoms with van der Waals surface area (Å²) < 4.78 is 24.9. The van der Waals surface area contributed by atoms with Crippen LogP contribution >= 0.6 is 0 Å². The van der Waals surface area contributed by atoms with Crippen molar-refractivity contribution in [2.75, 3.05) is 6.26 Å². The molecule has 0 spiro atoms. The first-order valence-electron chi connectivity index (χ1n) is 3.53. The van der Waals surface area contributed by atoms with Crippen LogP contribution in [-0.2, 0) is 19.1 Å². The van der Waals surface area contributed by atoms with Crippen LogP contribution in [-0.4, -0.2) is 26.7 Å². The van der Waals surface area contributed by atoms with Crippen molar-refractivity contribution in [2.24, 2.45) is 5.73 Å². The van der Waals surface area contributed by atoms with Gasteiger partial charge in [-0.1, -0.05) is 6.92 Å². The van der Waals surface area contributed by atoms with Gasteiger partial charge in [-0.05, 0) is 6.42 Å². The fourth-order valence-corrected chi connectivity index (χ4v) is 0.967. The molecule has 0 saturated carbocycles. The number of hydrogen-bond donors (Lipinski definition) is 1. The first-order valence-corrected chi connectivity index (χ1v) is 5.34. The van der Waals surface area contributed by atoms with E-state index in [0.29, 0.717) is 6.42 Å². The van der Waals surface area contributed by atoms with Crippen LogP contribution in [0.1, 0.15) is 19.8 Å². The van der Waals surface area contributed by atoms with E-state index in [2.05, 4.69) is 4.18 Å². The molecule has 0 aromatic rings. The summed E-state index contributed by atoms with van der Waals surface area (Å²) in [6.07, 6.45) is 1.37. The Morgan fingerprint density at radius 3 is 2.42 bits per heavy atom. The summed E-state index contributed by atoms with van der Waals surface area (Å²) in [5, 5.41) is 0. The molecule has 0 radical (unpaired) electrons. The molecule has 0 aliphatic carbocycles. The topological polar surface area (TPSA) is 86.5 Å². The van der Waals surface area contributed by atoms with Gasteiger partial charge in [-0.3, -0.25) is 4.79 Å². The Bertz CT molecular complexity index is 246. The lowest BCUT2D eigenvalue weighted by molar-refractivity contribution is -0.134. The minimum absolute atomic E-state index is 0.0659. The fraction of sp³-hybridized carbons (Fsp3) is 0.833. The maximum absolute atomic E-state index is 10.7. The molecule has 6 heteroatoms. The van der Waals surface area contributed by atoms with E-state index in [1.807, 2.05) is 0 Å². The van der Waals surface area contributed by atoms with E-state index in [9.17, 15) is 13.2 Å². The molecule has 0 aromatic carbocycles. The second-order valence-corrected chi connectivity index (χ2v) is 4.11. The highest BCUT2D eigenvalue weighted by Crippen LogP contribution is 1.98. The highest BCUT2D eigenvalue weighted by atomic mass is 32.2. The quantitative estimate of drug-likeness (QED) is 0.618. The van der Waals surface area contributed by atoms with E-state index in [-0.39, 0.29) is 12.5 Å². The first kappa shape index (κ1) is 11.4. The summed E-state index contributed by atoms with van der Waals surface area (Å²) in [7, 11) is -3.68. The van der Waals surface area contributed by atoms with Crippen LogP contribution in [0.15, 0.2) is 0 Å². The predicted molar refractivity (Wildman–Crippen MR) is 43.8 cm³/mol. The number of hydrogen-bond acceptors (Lipinski definition) is 5. The van der Waals surface area contributed by atoms with Crippen molar-refractivity contribution in [1.82, 2.24) is 0 Å². The molecule has 0 bridgehead atoms. The van der Waals surface area contributed by atoms with Gasteiger partial charge >= 0.3 is 16.1 Å². The van der Waals surface area contributed by atoms with Gasteiger partial charge in [-0.2, -0.15) is 8.42 Å². The molecule has 0 amide bonds. The lowest BCUT2D eigenvalue weighted by Gasteiger charge is -2.06. The standard InChI is InChI=1S/C6H13NO4S/c1-3-5(7)4-6(8)11-12(2,9)10/h5H,3-4,7H2,1-2H3. The van der Waals surface area contributed by atoms with Crippen molar-refractivity contribution < 1.29 is 17.4 Å². The zero-order chi connectivity index (χ0) is 9.78. The number of carbonyl (C=O) groups is 1. The third kappa shape index (κ3) is 6.11. The molecule has 2 N–H and O–H groups in total. The monoisotopic (exact) mass is 195 g/mol. The zero-order valence-electron chi connectivity index (χ0n) is 7.11. The van der Waals surface area contributed by atoms with Gasteiger partial charge in [0.25, 0.3) is 0 Å². The third-order valence-corrected chi connectivity index (χ3v) is 1.69. The molecule has 1 atom stereocenters. The summed E-state index contributed by atoms with van der Waals surface area (Å²) in [6.45, 7) is 1.80. The van der Waals surface area contributed by atoms with E-state index in [1.165, 1.54) is 0 Å². The van der Waals surface area contributed by atoms with Crippen molar-refractivity contribution in [3.8, 4) is 0 Å². The van der Waals surface area contributed by atoms with Crippen LogP contribution in [0.25, 0.3) is 0 Å². The zero-order valence-corrected chi connectivity index (χ0v) is 7.93. The van der Waals surface area contributed by atoms with Crippen LogP contribution in [0.3, 0.4) is 0 Å². The second kappa shape index (κ2) is 4.42. The van der Waals surface area contributed by atoms with Gasteiger partial charge < -0.3 is 9.92 Å². The van der Waals surface area contributed by atoms with Gasteiger partial charge in [0.05, 0.1) is 12.7 Å². The average molecular weight is 195 g/mol. The average Bonchev–Trinajstić information content (AvgIpc) is 1.82. The summed E-state index contributed by atoms with van der Waals surface area (Å²) >= 11 is 0. The smallest absolute Gasteiger partial charge is 0.323 e. The summed E-state index contributed by atoms with van der Waals surface area (Å²) in [6, 6.07) is -0.334. The summed E-state index contributed by atoms with van der Waals surface area (Å²) in [5.41, 5.74) is 5.40. The van der Waals surface area contributed by atoms with Crippen LogP contribution < -0.4 is 5.73 Å². The highest BCUT2D eigenvalue weighted by molar-refractivity contribution is 7.86. The minimum atomic E-state index is -3.68. The normalized spacial score (nSPS) is 13.9. The Morgan fingerprint density at radius 1 is 1.58 bits per heavy atom. The Hall–Kier alpha value is -0.620. The Labute approximate surface area is 72.0 Å². The molecule has 0 rings (SSSR count). The van der Waals surface area contributed by atoms with Crippen LogP contribution in [0, 0.1) is 0 Å². The van der Waals surface area contributed by atoms with Gasteiger partial charge in [0.2, 0.25) is 0 Å². The lowest BCUT2D eigenvalue weighted by Crippen LogP contribution is -2.25. The Morgan fingerprint density at radius 2 is 2.08 bits per heavy atom. The van der Waals surface area contributed by atoms with Crippen molar-refractivity contribution >= 4 is 16.1 Å². The highest BCUT2D eigenvalue weighted by Gasteiger charge is 2.13. The maximum atomic E-state index is 10.7. The van der Waals surface area contributed by atoms with Gasteiger partial charge in [0.1, 0.15) is 0 Å². The van der Waals surface area contributed by atoms with Gasteiger partial charge in [-0.15, -0.1) is 0 Å². The summed E-state index contributed by atoms with van der Waals surface area (Å²) in [4.78, 5) is 10.7. The predicted octanol–water partition coefficient (Wildman–Crippen LogP) is -0.383. The van der Waals surface area contributed by atoms with Gasteiger partial charge in [0, 0.05) is 6.04 Å². The largest absolute Gasteiger partial charge is 0.346 e. The van der Waals surface area contributed by atoms with Crippen molar-refractivity contribution in [3.63, 3.8) is 0 Å². The van der Waals surface area contributed by atoms with E-state index in [4.69, 9.17) is 5.73 Å². The number of rotatable bonds is 4. The SMILES string of the molecule is CCC(N)CC(=O)OS(C)(=O)=O. The van der Waals surface area contributed by atoms with Crippen molar-refractivity contribution in [1.29, 1.82) is 0 Å². The Balaban J connectivity index is 3.92. The van der Waals surface area contributed by atoms with Crippen LogP contribution in [0.4, 0.5) is 0 Å². The van der Waals surface area contributed by atoms with E-state index in [0.717, 1.165) is 6.26 Å². The van der Waals surface area contributed by atoms with E-state index in [1.54, 1.807) is 6.92 Å². The van der Waals surface area contributed by atoms with E-state index < -0.39 is 16.1 Å². The maximum Gasteiger partial charge on any atom is 0.323 e. The number of carbonyl (C=O) groups excluding carboxylic acids is 1. The molecule has 72 valence electrons. The molecule has 0 heterocycles. The van der Waals surface area contributed by atoms with E-state index >= 15 is 0 Å². The molecule has 1 unspecified atom stereocenters. The second-order valence-electron chi connectivity index (χ2n) is 2.53. The molecule has 0 saturated heterocycles. The van der Waals surface area contributed by atoms with Crippen LogP contribution in [0.2, 0.25) is 0 Å². The van der Waals surface area contributed by atoms with Crippen LogP contribution in [0.5, 0.6) is 0 Å². The molecule has 0 fully saturated rings. The van der Waals surface area contributed by atoms with Crippen molar-refractivity contribution in [2.45, 2.75) is 25.8 Å². The first-order chi connectivity index (χ1) is 5.35. The molecule has 5 nitrogen and oxygen atoms in total. The third-order valence-electron chi connectivity index (χ3n) is 1.20. The fourth-order valence-electron chi connectivity index (χ4n) is 0.561. The molecule has 0 aliphatic heterocycles. The number of nitrogens with two attached hydrogens (primary N) is 1. The molecule has 12 heavy (non-hydrogen) atoms. The molecular formula is C6H13NO4S.